The largest absolute Gasteiger partial charge is 0.334 e. The summed E-state index contributed by atoms with van der Waals surface area (Å²) in [4.78, 5) is 32.1. The molecular formula is C17H17N5OS. The average molecular weight is 339 g/mol. The summed E-state index contributed by atoms with van der Waals surface area (Å²) >= 11 is 1.32. The fourth-order valence-electron chi connectivity index (χ4n) is 2.28. The van der Waals surface area contributed by atoms with E-state index in [-0.39, 0.29) is 11.9 Å². The van der Waals surface area contributed by atoms with Crippen LogP contribution < -0.4 is 0 Å². The Hall–Kier alpha value is -2.67. The fourth-order valence-corrected chi connectivity index (χ4v) is 3.28. The van der Waals surface area contributed by atoms with Crippen molar-refractivity contribution in [1.82, 2.24) is 24.8 Å². The van der Waals surface area contributed by atoms with Gasteiger partial charge in [-0.25, -0.2) is 15.0 Å². The van der Waals surface area contributed by atoms with Gasteiger partial charge in [-0.2, -0.15) is 0 Å². The first-order chi connectivity index (χ1) is 11.6. The molecule has 1 atom stereocenters. The zero-order valence-electron chi connectivity index (χ0n) is 13.7. The van der Waals surface area contributed by atoms with Crippen LogP contribution in [0.25, 0.3) is 10.8 Å². The summed E-state index contributed by atoms with van der Waals surface area (Å²) in [7, 11) is 1.79. The number of hydrogen-bond acceptors (Lipinski definition) is 6. The molecule has 0 unspecified atom stereocenters. The van der Waals surface area contributed by atoms with Crippen LogP contribution >= 0.6 is 11.3 Å². The van der Waals surface area contributed by atoms with E-state index in [9.17, 15) is 4.79 Å². The molecule has 0 spiro atoms. The van der Waals surface area contributed by atoms with Gasteiger partial charge in [-0.1, -0.05) is 6.07 Å². The maximum atomic E-state index is 12.9. The number of aryl methyl sites for hydroxylation is 1. The summed E-state index contributed by atoms with van der Waals surface area (Å²) in [5.74, 6) is 0.469. The van der Waals surface area contributed by atoms with Gasteiger partial charge in [0.2, 0.25) is 0 Å². The highest BCUT2D eigenvalue weighted by molar-refractivity contribution is 7.17. The molecule has 3 aromatic heterocycles. The molecule has 6 nitrogen and oxygen atoms in total. The van der Waals surface area contributed by atoms with Gasteiger partial charge in [0.05, 0.1) is 11.7 Å². The van der Waals surface area contributed by atoms with E-state index in [0.717, 1.165) is 5.56 Å². The summed E-state index contributed by atoms with van der Waals surface area (Å²) in [5, 5.41) is 0.652. The SMILES string of the molecule is Cc1nc(-c2ncccn2)sc1C(=O)N(C)[C@H](C)c1cccnc1. The Morgan fingerprint density at radius 1 is 1.21 bits per heavy atom. The van der Waals surface area contributed by atoms with Crippen molar-refractivity contribution in [2.75, 3.05) is 7.05 Å². The molecular weight excluding hydrogens is 322 g/mol. The normalized spacial score (nSPS) is 12.0. The molecule has 0 saturated heterocycles. The molecule has 0 aliphatic carbocycles. The van der Waals surface area contributed by atoms with E-state index in [1.807, 2.05) is 26.0 Å². The molecule has 24 heavy (non-hydrogen) atoms. The number of rotatable bonds is 4. The smallest absolute Gasteiger partial charge is 0.266 e. The minimum atomic E-state index is -0.0795. The van der Waals surface area contributed by atoms with Gasteiger partial charge in [0.15, 0.2) is 10.8 Å². The lowest BCUT2D eigenvalue weighted by Crippen LogP contribution is -2.29. The van der Waals surface area contributed by atoms with Crippen LogP contribution in [-0.2, 0) is 0 Å². The third-order valence-corrected chi connectivity index (χ3v) is 4.96. The molecule has 1 amide bonds. The molecule has 122 valence electrons. The monoisotopic (exact) mass is 339 g/mol. The van der Waals surface area contributed by atoms with Crippen molar-refractivity contribution >= 4 is 17.2 Å². The molecule has 0 N–H and O–H groups in total. The van der Waals surface area contributed by atoms with Crippen molar-refractivity contribution in [2.45, 2.75) is 19.9 Å². The Kier molecular flexibility index (Phi) is 4.61. The topological polar surface area (TPSA) is 71.9 Å². The Morgan fingerprint density at radius 3 is 2.62 bits per heavy atom. The van der Waals surface area contributed by atoms with Gasteiger partial charge in [0, 0.05) is 31.8 Å². The first-order valence-electron chi connectivity index (χ1n) is 7.50. The average Bonchev–Trinajstić information content (AvgIpc) is 3.03. The van der Waals surface area contributed by atoms with Gasteiger partial charge in [-0.3, -0.25) is 9.78 Å². The lowest BCUT2D eigenvalue weighted by atomic mass is 10.1. The fraction of sp³-hybridized carbons (Fsp3) is 0.235. The molecule has 3 rings (SSSR count). The van der Waals surface area contributed by atoms with Gasteiger partial charge < -0.3 is 4.90 Å². The molecule has 0 radical (unpaired) electrons. The van der Waals surface area contributed by atoms with Crippen molar-refractivity contribution in [3.8, 4) is 10.8 Å². The lowest BCUT2D eigenvalue weighted by Gasteiger charge is -2.24. The summed E-state index contributed by atoms with van der Waals surface area (Å²) in [6, 6.07) is 5.50. The molecule has 3 heterocycles. The minimum absolute atomic E-state index is 0.0662. The molecule has 0 aromatic carbocycles. The van der Waals surface area contributed by atoms with Gasteiger partial charge in [0.1, 0.15) is 4.88 Å². The van der Waals surface area contributed by atoms with Crippen molar-refractivity contribution in [3.05, 3.63) is 59.1 Å². The molecule has 0 aliphatic rings. The zero-order chi connectivity index (χ0) is 17.1. The number of aromatic nitrogens is 4. The molecule has 0 fully saturated rings. The van der Waals surface area contributed by atoms with Crippen LogP contribution in [0.4, 0.5) is 0 Å². The Bertz CT molecular complexity index is 835. The van der Waals surface area contributed by atoms with Crippen LogP contribution in [0.3, 0.4) is 0 Å². The first-order valence-corrected chi connectivity index (χ1v) is 8.31. The number of carbonyl (C=O) groups is 1. The lowest BCUT2D eigenvalue weighted by molar-refractivity contribution is 0.0746. The van der Waals surface area contributed by atoms with Crippen LogP contribution in [0.1, 0.15) is 33.9 Å². The van der Waals surface area contributed by atoms with E-state index < -0.39 is 0 Å². The quantitative estimate of drug-likeness (QED) is 0.730. The third-order valence-electron chi connectivity index (χ3n) is 3.82. The highest BCUT2D eigenvalue weighted by Gasteiger charge is 2.24. The summed E-state index contributed by atoms with van der Waals surface area (Å²) in [6.07, 6.45) is 6.82. The van der Waals surface area contributed by atoms with Gasteiger partial charge in [-0.15, -0.1) is 11.3 Å². The van der Waals surface area contributed by atoms with E-state index in [1.54, 1.807) is 42.8 Å². The van der Waals surface area contributed by atoms with Crippen LogP contribution in [0, 0.1) is 6.92 Å². The zero-order valence-corrected chi connectivity index (χ0v) is 14.5. The molecule has 0 saturated carbocycles. The molecule has 0 aliphatic heterocycles. The first kappa shape index (κ1) is 16.2. The van der Waals surface area contributed by atoms with E-state index in [1.165, 1.54) is 11.3 Å². The summed E-state index contributed by atoms with van der Waals surface area (Å²) in [5.41, 5.74) is 1.68. The van der Waals surface area contributed by atoms with Gasteiger partial charge in [0.25, 0.3) is 5.91 Å². The molecule has 3 aromatic rings. The Morgan fingerprint density at radius 2 is 1.96 bits per heavy atom. The minimum Gasteiger partial charge on any atom is -0.334 e. The second-order valence-corrected chi connectivity index (χ2v) is 6.38. The number of thiazole rings is 1. The summed E-state index contributed by atoms with van der Waals surface area (Å²) < 4.78 is 0. The highest BCUT2D eigenvalue weighted by atomic mass is 32.1. The van der Waals surface area contributed by atoms with Crippen LogP contribution in [-0.4, -0.2) is 37.8 Å². The van der Waals surface area contributed by atoms with Gasteiger partial charge in [-0.05, 0) is 31.5 Å². The van der Waals surface area contributed by atoms with Crippen molar-refractivity contribution < 1.29 is 4.79 Å². The van der Waals surface area contributed by atoms with E-state index in [2.05, 4.69) is 19.9 Å². The van der Waals surface area contributed by atoms with Crippen LogP contribution in [0.15, 0.2) is 43.0 Å². The maximum absolute atomic E-state index is 12.9. The van der Waals surface area contributed by atoms with E-state index in [0.29, 0.717) is 21.4 Å². The van der Waals surface area contributed by atoms with Gasteiger partial charge >= 0.3 is 0 Å². The van der Waals surface area contributed by atoms with Crippen molar-refractivity contribution in [3.63, 3.8) is 0 Å². The molecule has 0 bridgehead atoms. The number of carbonyl (C=O) groups excluding carboxylic acids is 1. The number of nitrogens with zero attached hydrogens (tertiary/aromatic N) is 5. The number of pyridine rings is 1. The van der Waals surface area contributed by atoms with Crippen LogP contribution in [0.2, 0.25) is 0 Å². The Labute approximate surface area is 144 Å². The molecule has 7 heteroatoms. The number of hydrogen-bond donors (Lipinski definition) is 0. The second-order valence-electron chi connectivity index (χ2n) is 5.38. The standard InChI is InChI=1S/C17H17N5OS/c1-11-14(24-16(21-11)15-19-8-5-9-20-15)17(23)22(3)12(2)13-6-4-7-18-10-13/h4-10,12H,1-3H3/t12-/m1/s1. The predicted molar refractivity (Wildman–Crippen MR) is 92.6 cm³/mol. The van der Waals surface area contributed by atoms with Crippen LogP contribution in [0.5, 0.6) is 0 Å². The van der Waals surface area contributed by atoms with Crippen molar-refractivity contribution in [2.24, 2.45) is 0 Å². The van der Waals surface area contributed by atoms with Crippen molar-refractivity contribution in [1.29, 1.82) is 0 Å². The Balaban J connectivity index is 1.86. The highest BCUT2D eigenvalue weighted by Crippen LogP contribution is 2.28. The number of amides is 1. The van der Waals surface area contributed by atoms with E-state index >= 15 is 0 Å². The maximum Gasteiger partial charge on any atom is 0.266 e. The summed E-state index contributed by atoms with van der Waals surface area (Å²) in [6.45, 7) is 3.81. The third kappa shape index (κ3) is 3.16. The van der Waals surface area contributed by atoms with E-state index in [4.69, 9.17) is 0 Å². The second kappa shape index (κ2) is 6.84. The predicted octanol–water partition coefficient (Wildman–Crippen LogP) is 3.14.